The van der Waals surface area contributed by atoms with Gasteiger partial charge in [0, 0.05) is 19.1 Å². The molecule has 4 aromatic rings. The van der Waals surface area contributed by atoms with E-state index in [1.807, 2.05) is 91.0 Å². The normalized spacial score (nSPS) is 13.1. The summed E-state index contributed by atoms with van der Waals surface area (Å²) in [5, 5.41) is 0. The van der Waals surface area contributed by atoms with Crippen molar-refractivity contribution in [2.45, 2.75) is 31.6 Å². The molecule has 0 saturated carbocycles. The zero-order valence-corrected chi connectivity index (χ0v) is 19.9. The Morgan fingerprint density at radius 1 is 0.657 bits per heavy atom. The van der Waals surface area contributed by atoms with E-state index in [0.29, 0.717) is 19.5 Å². The van der Waals surface area contributed by atoms with Crippen molar-refractivity contribution in [3.63, 3.8) is 0 Å². The van der Waals surface area contributed by atoms with Gasteiger partial charge in [0.1, 0.15) is 0 Å². The van der Waals surface area contributed by atoms with Crippen LogP contribution < -0.4 is 5.73 Å². The molecule has 4 rings (SSSR count). The lowest BCUT2D eigenvalue weighted by Crippen LogP contribution is -2.41. The van der Waals surface area contributed by atoms with Gasteiger partial charge >= 0.3 is 0 Å². The van der Waals surface area contributed by atoms with E-state index < -0.39 is 0 Å². The molecule has 1 unspecified atom stereocenters. The monoisotopic (exact) mass is 460 g/mol. The number of benzene rings is 4. The predicted octanol–water partition coefficient (Wildman–Crippen LogP) is 6.13. The lowest BCUT2D eigenvalue weighted by Gasteiger charge is -2.31. The highest BCUT2D eigenvalue weighted by molar-refractivity contribution is 5.94. The van der Waals surface area contributed by atoms with Gasteiger partial charge in [-0.25, -0.2) is 0 Å². The number of hydrogen-bond donors (Lipinski definition) is 1. The second-order valence-corrected chi connectivity index (χ2v) is 8.78. The standard InChI is InChI=1S/C32H32N2O/c33-30(29-19-11-4-12-20-29)21-22-32(35)31(23-26-13-5-1-6-14-26)34(24-27-15-7-2-8-16-27)25-28-17-9-3-10-18-28/h1-22,30-31H,23-25,33H2/t30-,31?/m0/s1. The maximum Gasteiger partial charge on any atom is 0.172 e. The van der Waals surface area contributed by atoms with E-state index in [1.165, 1.54) is 11.1 Å². The van der Waals surface area contributed by atoms with Crippen LogP contribution >= 0.6 is 0 Å². The largest absolute Gasteiger partial charge is 0.321 e. The van der Waals surface area contributed by atoms with Crippen molar-refractivity contribution < 1.29 is 4.79 Å². The Balaban J connectivity index is 1.63. The average molecular weight is 461 g/mol. The summed E-state index contributed by atoms with van der Waals surface area (Å²) in [5.74, 6) is 0.0621. The molecule has 0 saturated heterocycles. The predicted molar refractivity (Wildman–Crippen MR) is 144 cm³/mol. The smallest absolute Gasteiger partial charge is 0.172 e. The van der Waals surface area contributed by atoms with Gasteiger partial charge in [-0.15, -0.1) is 0 Å². The third-order valence-corrected chi connectivity index (χ3v) is 6.15. The van der Waals surface area contributed by atoms with Gasteiger partial charge in [-0.1, -0.05) is 127 Å². The molecule has 0 aliphatic carbocycles. The molecule has 0 radical (unpaired) electrons. The summed E-state index contributed by atoms with van der Waals surface area (Å²) in [6.07, 6.45) is 4.12. The van der Waals surface area contributed by atoms with Crippen LogP contribution in [0.25, 0.3) is 0 Å². The van der Waals surface area contributed by atoms with Crippen LogP contribution in [-0.2, 0) is 24.3 Å². The van der Waals surface area contributed by atoms with Gasteiger partial charge in [-0.05, 0) is 34.8 Å². The lowest BCUT2D eigenvalue weighted by molar-refractivity contribution is -0.120. The first kappa shape index (κ1) is 24.3. The molecular formula is C32H32N2O. The molecule has 0 bridgehead atoms. The van der Waals surface area contributed by atoms with Crippen LogP contribution in [0, 0.1) is 0 Å². The van der Waals surface area contributed by atoms with E-state index in [9.17, 15) is 4.79 Å². The van der Waals surface area contributed by atoms with Crippen molar-refractivity contribution in [2.24, 2.45) is 5.73 Å². The van der Waals surface area contributed by atoms with Crippen molar-refractivity contribution in [3.8, 4) is 0 Å². The number of carbonyl (C=O) groups is 1. The Bertz CT molecular complexity index is 1150. The quantitative estimate of drug-likeness (QED) is 0.274. The minimum atomic E-state index is -0.325. The highest BCUT2D eigenvalue weighted by atomic mass is 16.1. The zero-order chi connectivity index (χ0) is 24.3. The molecular weight excluding hydrogens is 428 g/mol. The summed E-state index contributed by atoms with van der Waals surface area (Å²) in [5.41, 5.74) is 10.9. The van der Waals surface area contributed by atoms with Gasteiger partial charge < -0.3 is 5.73 Å². The topological polar surface area (TPSA) is 46.3 Å². The maximum absolute atomic E-state index is 13.7. The van der Waals surface area contributed by atoms with Crippen LogP contribution in [0.3, 0.4) is 0 Å². The third kappa shape index (κ3) is 7.35. The van der Waals surface area contributed by atoms with Gasteiger partial charge in [0.25, 0.3) is 0 Å². The van der Waals surface area contributed by atoms with E-state index in [2.05, 4.69) is 41.3 Å². The molecule has 0 amide bonds. The van der Waals surface area contributed by atoms with Crippen LogP contribution in [0.2, 0.25) is 0 Å². The van der Waals surface area contributed by atoms with Crippen LogP contribution in [0.4, 0.5) is 0 Å². The van der Waals surface area contributed by atoms with Crippen molar-refractivity contribution in [1.82, 2.24) is 4.90 Å². The number of rotatable bonds is 11. The highest BCUT2D eigenvalue weighted by Crippen LogP contribution is 2.19. The lowest BCUT2D eigenvalue weighted by atomic mass is 9.98. The van der Waals surface area contributed by atoms with E-state index in [-0.39, 0.29) is 17.9 Å². The minimum Gasteiger partial charge on any atom is -0.321 e. The van der Waals surface area contributed by atoms with E-state index in [1.54, 1.807) is 6.08 Å². The molecule has 0 fully saturated rings. The van der Waals surface area contributed by atoms with Crippen LogP contribution in [-0.4, -0.2) is 16.7 Å². The van der Waals surface area contributed by atoms with Gasteiger partial charge in [-0.2, -0.15) is 0 Å². The van der Waals surface area contributed by atoms with Crippen molar-refractivity contribution >= 4 is 5.78 Å². The second kappa shape index (κ2) is 12.6. The number of ketones is 1. The first-order valence-corrected chi connectivity index (χ1v) is 12.1. The summed E-state index contributed by atoms with van der Waals surface area (Å²) in [6.45, 7) is 1.36. The average Bonchev–Trinajstić information content (AvgIpc) is 2.92. The van der Waals surface area contributed by atoms with E-state index in [4.69, 9.17) is 5.73 Å². The Kier molecular flexibility index (Phi) is 8.77. The molecule has 0 heterocycles. The molecule has 3 nitrogen and oxygen atoms in total. The molecule has 0 aromatic heterocycles. The minimum absolute atomic E-state index is 0.0621. The first-order chi connectivity index (χ1) is 17.2. The Hall–Kier alpha value is -3.79. The molecule has 35 heavy (non-hydrogen) atoms. The fourth-order valence-electron chi connectivity index (χ4n) is 4.26. The van der Waals surface area contributed by atoms with E-state index in [0.717, 1.165) is 11.1 Å². The van der Waals surface area contributed by atoms with Gasteiger partial charge in [0.05, 0.1) is 6.04 Å². The Labute approximate surface area is 208 Å². The highest BCUT2D eigenvalue weighted by Gasteiger charge is 2.25. The second-order valence-electron chi connectivity index (χ2n) is 8.78. The van der Waals surface area contributed by atoms with Crippen LogP contribution in [0.1, 0.15) is 28.3 Å². The molecule has 3 heteroatoms. The number of nitrogens with two attached hydrogens (primary N) is 1. The summed E-state index contributed by atoms with van der Waals surface area (Å²) >= 11 is 0. The SMILES string of the molecule is N[C@@H](C=CC(=O)C(Cc1ccccc1)N(Cc1ccccc1)Cc1ccccc1)c1ccccc1. The van der Waals surface area contributed by atoms with Gasteiger partial charge in [0.2, 0.25) is 0 Å². The zero-order valence-electron chi connectivity index (χ0n) is 19.9. The molecule has 0 spiro atoms. The third-order valence-electron chi connectivity index (χ3n) is 6.15. The van der Waals surface area contributed by atoms with Crippen LogP contribution in [0.5, 0.6) is 0 Å². The molecule has 176 valence electrons. The summed E-state index contributed by atoms with van der Waals surface area (Å²) < 4.78 is 0. The molecule has 2 N–H and O–H groups in total. The first-order valence-electron chi connectivity index (χ1n) is 12.1. The fourth-order valence-corrected chi connectivity index (χ4v) is 4.26. The molecule has 0 aliphatic heterocycles. The number of nitrogens with zero attached hydrogens (tertiary/aromatic N) is 1. The summed E-state index contributed by atoms with van der Waals surface area (Å²) in [7, 11) is 0. The summed E-state index contributed by atoms with van der Waals surface area (Å²) in [4.78, 5) is 16.0. The van der Waals surface area contributed by atoms with Crippen LogP contribution in [0.15, 0.2) is 133 Å². The fraction of sp³-hybridized carbons (Fsp3) is 0.156. The Morgan fingerprint density at radius 2 is 1.09 bits per heavy atom. The molecule has 4 aromatic carbocycles. The Morgan fingerprint density at radius 3 is 1.57 bits per heavy atom. The molecule has 0 aliphatic rings. The number of hydrogen-bond acceptors (Lipinski definition) is 3. The molecule has 2 atom stereocenters. The van der Waals surface area contributed by atoms with Crippen molar-refractivity contribution in [1.29, 1.82) is 0 Å². The van der Waals surface area contributed by atoms with Crippen molar-refractivity contribution in [2.75, 3.05) is 0 Å². The van der Waals surface area contributed by atoms with E-state index >= 15 is 0 Å². The van der Waals surface area contributed by atoms with Gasteiger partial charge in [-0.3, -0.25) is 9.69 Å². The summed E-state index contributed by atoms with van der Waals surface area (Å²) in [6, 6.07) is 40.1. The maximum atomic E-state index is 13.7. The van der Waals surface area contributed by atoms with Crippen molar-refractivity contribution in [3.05, 3.63) is 156 Å². The van der Waals surface area contributed by atoms with Gasteiger partial charge in [0.15, 0.2) is 5.78 Å². The number of carbonyl (C=O) groups excluding carboxylic acids is 1.